The Kier molecular flexibility index (Phi) is 5.60. The Morgan fingerprint density at radius 3 is 2.77 bits per heavy atom. The van der Waals surface area contributed by atoms with Gasteiger partial charge in [0, 0.05) is 5.39 Å². The minimum Gasteiger partial charge on any atom is -0.462 e. The lowest BCUT2D eigenvalue weighted by Gasteiger charge is -2.00. The van der Waals surface area contributed by atoms with Gasteiger partial charge in [0.15, 0.2) is 15.0 Å². The molecular weight excluding hydrogens is 462 g/mol. The fourth-order valence-electron chi connectivity index (χ4n) is 2.64. The summed E-state index contributed by atoms with van der Waals surface area (Å²) in [6.07, 6.45) is 1.05. The number of fused-ring (bicyclic) bond motifs is 3. The quantitative estimate of drug-likeness (QED) is 0.324. The van der Waals surface area contributed by atoms with Crippen molar-refractivity contribution in [2.45, 2.75) is 13.8 Å². The number of thiazole rings is 1. The van der Waals surface area contributed by atoms with E-state index < -0.39 is 16.0 Å². The first-order valence-corrected chi connectivity index (χ1v) is 12.3. The van der Waals surface area contributed by atoms with Gasteiger partial charge >= 0.3 is 5.97 Å². The summed E-state index contributed by atoms with van der Waals surface area (Å²) in [4.78, 5) is 16.5. The van der Waals surface area contributed by atoms with Gasteiger partial charge in [-0.2, -0.15) is 4.37 Å². The topological polar surface area (TPSA) is 149 Å². The van der Waals surface area contributed by atoms with Crippen molar-refractivity contribution in [2.24, 2.45) is 10.2 Å². The van der Waals surface area contributed by atoms with Crippen LogP contribution in [0.2, 0.25) is 0 Å². The molecule has 0 aliphatic rings. The molecule has 0 unspecified atom stereocenters. The number of ether oxygens (including phenoxy) is 1. The summed E-state index contributed by atoms with van der Waals surface area (Å²) >= 11 is 2.08. The largest absolute Gasteiger partial charge is 0.462 e. The van der Waals surface area contributed by atoms with Gasteiger partial charge in [0.05, 0.1) is 29.8 Å². The lowest BCUT2D eigenvalue weighted by atomic mass is 10.2. The van der Waals surface area contributed by atoms with Crippen LogP contribution in [-0.2, 0) is 14.8 Å². The van der Waals surface area contributed by atoms with E-state index in [4.69, 9.17) is 4.74 Å². The summed E-state index contributed by atoms with van der Waals surface area (Å²) in [7, 11) is -3.43. The molecule has 0 amide bonds. The third kappa shape index (κ3) is 4.50. The van der Waals surface area contributed by atoms with Crippen molar-refractivity contribution in [1.29, 1.82) is 0 Å². The highest BCUT2D eigenvalue weighted by Crippen LogP contribution is 2.34. The smallest absolute Gasteiger partial charge is 0.352 e. The Morgan fingerprint density at radius 2 is 2.03 bits per heavy atom. The second-order valence-electron chi connectivity index (χ2n) is 6.31. The average Bonchev–Trinajstić information content (AvgIpc) is 3.28. The number of rotatable bonds is 6. The number of aromatic nitrogens is 4. The van der Waals surface area contributed by atoms with Crippen molar-refractivity contribution in [3.8, 4) is 0 Å². The van der Waals surface area contributed by atoms with Crippen molar-refractivity contribution in [3.05, 3.63) is 28.8 Å². The minimum atomic E-state index is -3.43. The number of carbonyl (C=O) groups is 1. The van der Waals surface area contributed by atoms with Gasteiger partial charge in [-0.05, 0) is 43.6 Å². The highest BCUT2D eigenvalue weighted by Gasteiger charge is 2.19. The molecule has 0 spiro atoms. The van der Waals surface area contributed by atoms with E-state index in [9.17, 15) is 13.2 Å². The third-order valence-corrected chi connectivity index (χ3v) is 6.39. The van der Waals surface area contributed by atoms with Crippen LogP contribution in [0.25, 0.3) is 21.9 Å². The first-order chi connectivity index (χ1) is 14.7. The molecule has 4 aromatic rings. The third-order valence-electron chi connectivity index (χ3n) is 3.92. The molecule has 0 saturated heterocycles. The van der Waals surface area contributed by atoms with Crippen molar-refractivity contribution in [2.75, 3.05) is 17.6 Å². The zero-order chi connectivity index (χ0) is 22.2. The maximum absolute atomic E-state index is 12.1. The van der Waals surface area contributed by atoms with Crippen LogP contribution in [0, 0.1) is 6.92 Å². The molecule has 0 atom stereocenters. The predicted octanol–water partition coefficient (Wildman–Crippen LogP) is 3.97. The highest BCUT2D eigenvalue weighted by molar-refractivity contribution is 7.92. The Hall–Kier alpha value is -3.10. The average molecular weight is 478 g/mol. The summed E-state index contributed by atoms with van der Waals surface area (Å²) in [6.45, 7) is 3.69. The number of sulfonamides is 1. The van der Waals surface area contributed by atoms with Crippen molar-refractivity contribution in [1.82, 2.24) is 19.6 Å². The number of azo groups is 1. The van der Waals surface area contributed by atoms with Crippen LogP contribution < -0.4 is 4.72 Å². The summed E-state index contributed by atoms with van der Waals surface area (Å²) in [5.41, 5.74) is 2.58. The first-order valence-electron chi connectivity index (χ1n) is 8.85. The van der Waals surface area contributed by atoms with Gasteiger partial charge in [0.25, 0.3) is 0 Å². The van der Waals surface area contributed by atoms with Gasteiger partial charge in [0.2, 0.25) is 10.0 Å². The Morgan fingerprint density at radius 1 is 1.23 bits per heavy atom. The number of hydrogen-bond acceptors (Lipinski definition) is 12. The standard InChI is InChI=1S/C17H15N7O4S3/c1-4-28-16(25)14-13-12(23-30-14)10-7-9(5-6-11(10)20-21-13)19-22-15-8(2)18-17(29-15)24-31(3,26)27/h5-7H,4H2,1-3H3,(H,18,24)/b22-19+. The predicted molar refractivity (Wildman–Crippen MR) is 118 cm³/mol. The number of anilines is 1. The second-order valence-corrected chi connectivity index (χ2v) is 9.81. The SMILES string of the molecule is CCOC(=O)c1snc2c1nnc1ccc(/N=N/c3sc(NS(C)(=O)=O)nc3C)cc12. The Bertz CT molecular complexity index is 1440. The molecule has 4 rings (SSSR count). The van der Waals surface area contributed by atoms with E-state index in [1.807, 2.05) is 0 Å². The zero-order valence-corrected chi connectivity index (χ0v) is 18.9. The van der Waals surface area contributed by atoms with Crippen molar-refractivity contribution >= 4 is 76.6 Å². The number of hydrogen-bond donors (Lipinski definition) is 1. The van der Waals surface area contributed by atoms with Crippen LogP contribution in [0.1, 0.15) is 22.3 Å². The van der Waals surface area contributed by atoms with E-state index in [1.54, 1.807) is 32.0 Å². The molecule has 11 nitrogen and oxygen atoms in total. The van der Waals surface area contributed by atoms with Crippen LogP contribution in [0.5, 0.6) is 0 Å². The van der Waals surface area contributed by atoms with Crippen LogP contribution in [0.15, 0.2) is 28.4 Å². The molecule has 0 aliphatic heterocycles. The van der Waals surface area contributed by atoms with Gasteiger partial charge in [-0.3, -0.25) is 4.72 Å². The highest BCUT2D eigenvalue weighted by atomic mass is 32.2. The summed E-state index contributed by atoms with van der Waals surface area (Å²) in [6, 6.07) is 5.20. The molecule has 0 bridgehead atoms. The fourth-order valence-corrected chi connectivity index (χ4v) is 4.99. The molecule has 1 N–H and O–H groups in total. The van der Waals surface area contributed by atoms with E-state index >= 15 is 0 Å². The lowest BCUT2D eigenvalue weighted by Crippen LogP contribution is -2.08. The van der Waals surface area contributed by atoms with Crippen LogP contribution in [-0.4, -0.2) is 46.8 Å². The number of aryl methyl sites for hydroxylation is 1. The number of esters is 1. The Labute approximate surface area is 184 Å². The zero-order valence-electron chi connectivity index (χ0n) is 16.5. The van der Waals surface area contributed by atoms with Crippen molar-refractivity contribution in [3.63, 3.8) is 0 Å². The molecule has 160 valence electrons. The van der Waals surface area contributed by atoms with Crippen LogP contribution in [0.3, 0.4) is 0 Å². The van der Waals surface area contributed by atoms with Gasteiger partial charge in [0.1, 0.15) is 11.0 Å². The summed E-state index contributed by atoms with van der Waals surface area (Å²) < 4.78 is 34.5. The Balaban J connectivity index is 1.69. The lowest BCUT2D eigenvalue weighted by molar-refractivity contribution is 0.0534. The molecule has 14 heteroatoms. The van der Waals surface area contributed by atoms with Crippen LogP contribution >= 0.6 is 22.9 Å². The maximum atomic E-state index is 12.1. The first kappa shape index (κ1) is 21.1. The van der Waals surface area contributed by atoms with Crippen molar-refractivity contribution < 1.29 is 17.9 Å². The molecule has 3 aromatic heterocycles. The molecule has 3 heterocycles. The van der Waals surface area contributed by atoms with Gasteiger partial charge in [-0.1, -0.05) is 11.3 Å². The minimum absolute atomic E-state index is 0.221. The normalized spacial score (nSPS) is 12.1. The number of benzene rings is 1. The number of nitrogens with zero attached hydrogens (tertiary/aromatic N) is 6. The van der Waals surface area contributed by atoms with Gasteiger partial charge in [-0.25, -0.2) is 18.2 Å². The van der Waals surface area contributed by atoms with Crippen LogP contribution in [0.4, 0.5) is 15.8 Å². The molecule has 0 saturated carbocycles. The summed E-state index contributed by atoms with van der Waals surface area (Å²) in [5.74, 6) is -0.487. The maximum Gasteiger partial charge on any atom is 0.352 e. The van der Waals surface area contributed by atoms with E-state index in [2.05, 4.69) is 34.5 Å². The van der Waals surface area contributed by atoms with Gasteiger partial charge < -0.3 is 4.74 Å². The molecule has 0 fully saturated rings. The molecule has 1 aromatic carbocycles. The van der Waals surface area contributed by atoms with E-state index in [1.165, 1.54) is 0 Å². The number of nitrogens with one attached hydrogen (secondary N) is 1. The molecule has 31 heavy (non-hydrogen) atoms. The van der Waals surface area contributed by atoms with E-state index in [-0.39, 0.29) is 11.7 Å². The van der Waals surface area contributed by atoms with E-state index in [0.717, 1.165) is 29.1 Å². The van der Waals surface area contributed by atoms with E-state index in [0.29, 0.717) is 43.2 Å². The number of carbonyl (C=O) groups excluding carboxylic acids is 1. The molecule has 0 aliphatic carbocycles. The monoisotopic (exact) mass is 477 g/mol. The summed E-state index contributed by atoms with van der Waals surface area (Å²) in [5, 5.41) is 18.1. The second kappa shape index (κ2) is 8.20. The molecular formula is C17H15N7O4S3. The molecule has 0 radical (unpaired) electrons. The fraction of sp³-hybridized carbons (Fsp3) is 0.235. The van der Waals surface area contributed by atoms with Gasteiger partial charge in [-0.15, -0.1) is 20.4 Å².